The van der Waals surface area contributed by atoms with E-state index in [2.05, 4.69) is 34.5 Å². The Labute approximate surface area is 110 Å². The summed E-state index contributed by atoms with van der Waals surface area (Å²) in [6.45, 7) is 4.24. The van der Waals surface area contributed by atoms with Crippen LogP contribution >= 0.6 is 0 Å². The SMILES string of the molecule is CNCc1ccc(CN2CCC[C@H](OC)C2)cc1. The minimum absolute atomic E-state index is 0.419. The van der Waals surface area contributed by atoms with Crippen LogP contribution in [-0.4, -0.2) is 38.3 Å². The Hall–Kier alpha value is -0.900. The predicted molar refractivity (Wildman–Crippen MR) is 74.5 cm³/mol. The second-order valence-corrected chi connectivity index (χ2v) is 5.08. The molecule has 2 rings (SSSR count). The highest BCUT2D eigenvalue weighted by atomic mass is 16.5. The van der Waals surface area contributed by atoms with Crippen molar-refractivity contribution in [2.24, 2.45) is 0 Å². The van der Waals surface area contributed by atoms with Gasteiger partial charge in [0.05, 0.1) is 6.10 Å². The van der Waals surface area contributed by atoms with Crippen molar-refractivity contribution < 1.29 is 4.74 Å². The number of likely N-dealkylation sites (tertiary alicyclic amines) is 1. The van der Waals surface area contributed by atoms with Crippen molar-refractivity contribution in [2.45, 2.75) is 32.0 Å². The first-order valence-electron chi connectivity index (χ1n) is 6.79. The third-order valence-corrected chi connectivity index (χ3v) is 3.61. The van der Waals surface area contributed by atoms with E-state index in [-0.39, 0.29) is 0 Å². The molecule has 0 aliphatic carbocycles. The van der Waals surface area contributed by atoms with Gasteiger partial charge in [-0.05, 0) is 37.6 Å². The van der Waals surface area contributed by atoms with E-state index in [0.29, 0.717) is 6.10 Å². The predicted octanol–water partition coefficient (Wildman–Crippen LogP) is 2.02. The standard InChI is InChI=1S/C15H24N2O/c1-16-10-13-5-7-14(8-6-13)11-17-9-3-4-15(12-17)18-2/h5-8,15-16H,3-4,9-12H2,1-2H3/t15-/m0/s1. The lowest BCUT2D eigenvalue weighted by atomic mass is 10.1. The monoisotopic (exact) mass is 248 g/mol. The van der Waals surface area contributed by atoms with Gasteiger partial charge in [0.1, 0.15) is 0 Å². The van der Waals surface area contributed by atoms with Crippen molar-refractivity contribution in [3.05, 3.63) is 35.4 Å². The van der Waals surface area contributed by atoms with E-state index >= 15 is 0 Å². The zero-order valence-electron chi connectivity index (χ0n) is 11.5. The van der Waals surface area contributed by atoms with Crippen LogP contribution in [0.3, 0.4) is 0 Å². The van der Waals surface area contributed by atoms with Crippen molar-refractivity contribution in [3.63, 3.8) is 0 Å². The van der Waals surface area contributed by atoms with Gasteiger partial charge in [-0.2, -0.15) is 0 Å². The molecule has 0 aromatic heterocycles. The van der Waals surface area contributed by atoms with Crippen molar-refractivity contribution in [1.82, 2.24) is 10.2 Å². The van der Waals surface area contributed by atoms with E-state index < -0.39 is 0 Å². The lowest BCUT2D eigenvalue weighted by molar-refractivity contribution is 0.0285. The zero-order chi connectivity index (χ0) is 12.8. The summed E-state index contributed by atoms with van der Waals surface area (Å²) in [6, 6.07) is 8.90. The molecule has 1 fully saturated rings. The molecule has 1 aromatic carbocycles. The van der Waals surface area contributed by atoms with Gasteiger partial charge in [0.2, 0.25) is 0 Å². The largest absolute Gasteiger partial charge is 0.380 e. The van der Waals surface area contributed by atoms with Gasteiger partial charge in [-0.1, -0.05) is 24.3 Å². The summed E-state index contributed by atoms with van der Waals surface area (Å²) in [4.78, 5) is 2.49. The van der Waals surface area contributed by atoms with Gasteiger partial charge < -0.3 is 10.1 Å². The summed E-state index contributed by atoms with van der Waals surface area (Å²) >= 11 is 0. The van der Waals surface area contributed by atoms with Crippen molar-refractivity contribution in [3.8, 4) is 0 Å². The van der Waals surface area contributed by atoms with E-state index in [1.807, 2.05) is 14.2 Å². The quantitative estimate of drug-likeness (QED) is 0.863. The van der Waals surface area contributed by atoms with E-state index in [9.17, 15) is 0 Å². The van der Waals surface area contributed by atoms with Crippen LogP contribution in [0.4, 0.5) is 0 Å². The van der Waals surface area contributed by atoms with Crippen LogP contribution in [0.2, 0.25) is 0 Å². The van der Waals surface area contributed by atoms with Gasteiger partial charge in [-0.3, -0.25) is 4.90 Å². The Balaban J connectivity index is 1.88. The molecule has 1 aliphatic heterocycles. The van der Waals surface area contributed by atoms with Crippen LogP contribution in [0.15, 0.2) is 24.3 Å². The van der Waals surface area contributed by atoms with Crippen molar-refractivity contribution >= 4 is 0 Å². The summed E-state index contributed by atoms with van der Waals surface area (Å²) in [5.74, 6) is 0. The molecule has 0 saturated carbocycles. The molecule has 3 nitrogen and oxygen atoms in total. The van der Waals surface area contributed by atoms with Crippen LogP contribution in [-0.2, 0) is 17.8 Å². The second-order valence-electron chi connectivity index (χ2n) is 5.08. The molecule has 0 amide bonds. The van der Waals surface area contributed by atoms with E-state index in [1.165, 1.54) is 30.5 Å². The maximum absolute atomic E-state index is 5.46. The van der Waals surface area contributed by atoms with Crippen LogP contribution in [0.5, 0.6) is 0 Å². The molecular weight excluding hydrogens is 224 g/mol. The Morgan fingerprint density at radius 1 is 1.28 bits per heavy atom. The normalized spacial score (nSPS) is 21.1. The molecule has 3 heteroatoms. The van der Waals surface area contributed by atoms with Gasteiger partial charge in [-0.15, -0.1) is 0 Å². The summed E-state index contributed by atoms with van der Waals surface area (Å²) in [5, 5.41) is 3.17. The molecule has 1 N–H and O–H groups in total. The first kappa shape index (κ1) is 13.5. The van der Waals surface area contributed by atoms with Gasteiger partial charge >= 0.3 is 0 Å². The van der Waals surface area contributed by atoms with Crippen LogP contribution in [0.1, 0.15) is 24.0 Å². The van der Waals surface area contributed by atoms with Crippen molar-refractivity contribution in [1.29, 1.82) is 0 Å². The van der Waals surface area contributed by atoms with Crippen LogP contribution < -0.4 is 5.32 Å². The second kappa shape index (κ2) is 6.88. The molecule has 1 saturated heterocycles. The van der Waals surface area contributed by atoms with Gasteiger partial charge in [0, 0.05) is 26.7 Å². The maximum Gasteiger partial charge on any atom is 0.0698 e. The Kier molecular flexibility index (Phi) is 5.17. The topological polar surface area (TPSA) is 24.5 Å². The third-order valence-electron chi connectivity index (χ3n) is 3.61. The lowest BCUT2D eigenvalue weighted by Gasteiger charge is -2.31. The Morgan fingerprint density at radius 3 is 2.67 bits per heavy atom. The maximum atomic E-state index is 5.46. The number of rotatable bonds is 5. The average molecular weight is 248 g/mol. The molecule has 18 heavy (non-hydrogen) atoms. The molecule has 1 atom stereocenters. The van der Waals surface area contributed by atoms with E-state index in [4.69, 9.17) is 4.74 Å². The third kappa shape index (κ3) is 3.80. The number of hydrogen-bond acceptors (Lipinski definition) is 3. The molecule has 0 bridgehead atoms. The number of benzene rings is 1. The fourth-order valence-corrected chi connectivity index (χ4v) is 2.57. The highest BCUT2D eigenvalue weighted by molar-refractivity contribution is 5.22. The molecule has 1 heterocycles. The fourth-order valence-electron chi connectivity index (χ4n) is 2.57. The number of ether oxygens (including phenoxy) is 1. The number of hydrogen-bond donors (Lipinski definition) is 1. The number of methoxy groups -OCH3 is 1. The van der Waals surface area contributed by atoms with E-state index in [1.54, 1.807) is 0 Å². The zero-order valence-corrected chi connectivity index (χ0v) is 11.5. The molecule has 100 valence electrons. The minimum atomic E-state index is 0.419. The molecular formula is C15H24N2O. The van der Waals surface area contributed by atoms with Crippen LogP contribution in [0, 0.1) is 0 Å². The summed E-state index contributed by atoms with van der Waals surface area (Å²) in [7, 11) is 3.80. The van der Waals surface area contributed by atoms with E-state index in [0.717, 1.165) is 19.6 Å². The first-order valence-corrected chi connectivity index (χ1v) is 6.79. The fraction of sp³-hybridized carbons (Fsp3) is 0.600. The highest BCUT2D eigenvalue weighted by Crippen LogP contribution is 2.15. The number of piperidine rings is 1. The molecule has 0 unspecified atom stereocenters. The number of nitrogens with zero attached hydrogens (tertiary/aromatic N) is 1. The number of nitrogens with one attached hydrogen (secondary N) is 1. The van der Waals surface area contributed by atoms with Crippen molar-refractivity contribution in [2.75, 3.05) is 27.2 Å². The van der Waals surface area contributed by atoms with Gasteiger partial charge in [0.15, 0.2) is 0 Å². The molecule has 0 radical (unpaired) electrons. The summed E-state index contributed by atoms with van der Waals surface area (Å²) in [5.41, 5.74) is 2.74. The average Bonchev–Trinajstić information content (AvgIpc) is 2.42. The van der Waals surface area contributed by atoms with Gasteiger partial charge in [0.25, 0.3) is 0 Å². The highest BCUT2D eigenvalue weighted by Gasteiger charge is 2.19. The minimum Gasteiger partial charge on any atom is -0.380 e. The Morgan fingerprint density at radius 2 is 2.00 bits per heavy atom. The van der Waals surface area contributed by atoms with Gasteiger partial charge in [-0.25, -0.2) is 0 Å². The summed E-state index contributed by atoms with van der Waals surface area (Å²) in [6.07, 6.45) is 2.87. The first-order chi connectivity index (χ1) is 8.81. The molecule has 0 spiro atoms. The lowest BCUT2D eigenvalue weighted by Crippen LogP contribution is -2.38. The summed E-state index contributed by atoms with van der Waals surface area (Å²) < 4.78 is 5.46. The molecule has 1 aliphatic rings. The smallest absolute Gasteiger partial charge is 0.0698 e. The molecule has 1 aromatic rings. The van der Waals surface area contributed by atoms with Crippen LogP contribution in [0.25, 0.3) is 0 Å². The Bertz CT molecular complexity index is 350.